The van der Waals surface area contributed by atoms with E-state index in [4.69, 9.17) is 0 Å². The third-order valence-corrected chi connectivity index (χ3v) is 4.97. The summed E-state index contributed by atoms with van der Waals surface area (Å²) in [6.07, 6.45) is 9.82. The fourth-order valence-electron chi connectivity index (χ4n) is 5.42. The van der Waals surface area contributed by atoms with Gasteiger partial charge in [0.15, 0.2) is 0 Å². The molecule has 4 aliphatic carbocycles. The molecule has 0 atom stereocenters. The van der Waals surface area contributed by atoms with Gasteiger partial charge in [0, 0.05) is 0 Å². The molecule has 4 fully saturated rings. The number of rotatable bonds is 2. The molecule has 0 unspecified atom stereocenters. The molecule has 0 heterocycles. The van der Waals surface area contributed by atoms with Gasteiger partial charge < -0.3 is 5.11 Å². The molecule has 1 N–H and O–H groups in total. The van der Waals surface area contributed by atoms with Gasteiger partial charge in [0.2, 0.25) is 0 Å². The molecule has 0 aliphatic heterocycles. The van der Waals surface area contributed by atoms with Gasteiger partial charge in [0.05, 0.1) is 5.60 Å². The molecule has 4 bridgehead atoms. The lowest BCUT2D eigenvalue weighted by atomic mass is 9.48. The Morgan fingerprint density at radius 2 is 1.40 bits per heavy atom. The molecule has 15 heavy (non-hydrogen) atoms. The Morgan fingerprint density at radius 1 is 1.00 bits per heavy atom. The molecule has 0 aromatic heterocycles. The highest BCUT2D eigenvalue weighted by atomic mass is 16.3. The first-order valence-electron chi connectivity index (χ1n) is 6.67. The van der Waals surface area contributed by atoms with Crippen molar-refractivity contribution in [2.45, 2.75) is 64.4 Å². The van der Waals surface area contributed by atoms with E-state index >= 15 is 0 Å². The van der Waals surface area contributed by atoms with E-state index in [2.05, 4.69) is 0 Å². The number of hydrogen-bond donors (Lipinski definition) is 1. The van der Waals surface area contributed by atoms with Gasteiger partial charge in [-0.1, -0.05) is 0 Å². The molecule has 0 saturated heterocycles. The monoisotopic (exact) mass is 208 g/mol. The third-order valence-electron chi connectivity index (χ3n) is 4.97. The second kappa shape index (κ2) is 3.00. The van der Waals surface area contributed by atoms with Gasteiger partial charge >= 0.3 is 0 Å². The van der Waals surface area contributed by atoms with Crippen LogP contribution in [-0.2, 0) is 0 Å². The summed E-state index contributed by atoms with van der Waals surface area (Å²) in [7, 11) is 0. The third kappa shape index (κ3) is 1.84. The van der Waals surface area contributed by atoms with E-state index in [1.54, 1.807) is 0 Å². The average molecular weight is 208 g/mol. The molecule has 0 aromatic carbocycles. The topological polar surface area (TPSA) is 20.2 Å². The van der Waals surface area contributed by atoms with Crippen LogP contribution in [0, 0.1) is 23.2 Å². The van der Waals surface area contributed by atoms with E-state index in [9.17, 15) is 5.11 Å². The Hall–Kier alpha value is -0.0400. The standard InChI is InChI=1S/C14H24O/c1-13(2,15)9-14-6-10-3-11(7-14)5-12(4-10)8-14/h10-12,15H,3-9H2,1-2H3. The predicted octanol–water partition coefficient (Wildman–Crippen LogP) is 3.36. The quantitative estimate of drug-likeness (QED) is 0.737. The number of hydrogen-bond acceptors (Lipinski definition) is 1. The van der Waals surface area contributed by atoms with E-state index in [0.717, 1.165) is 24.2 Å². The van der Waals surface area contributed by atoms with E-state index in [-0.39, 0.29) is 0 Å². The van der Waals surface area contributed by atoms with Gasteiger partial charge in [-0.15, -0.1) is 0 Å². The molecule has 0 spiro atoms. The van der Waals surface area contributed by atoms with Crippen molar-refractivity contribution >= 4 is 0 Å². The normalized spacial score (nSPS) is 48.6. The van der Waals surface area contributed by atoms with Gasteiger partial charge in [-0.05, 0) is 82.0 Å². The molecule has 1 nitrogen and oxygen atoms in total. The summed E-state index contributed by atoms with van der Waals surface area (Å²) in [5.74, 6) is 3.04. The minimum absolute atomic E-state index is 0.453. The zero-order chi connectivity index (χ0) is 10.7. The van der Waals surface area contributed by atoms with Crippen molar-refractivity contribution < 1.29 is 5.11 Å². The van der Waals surface area contributed by atoms with E-state index < -0.39 is 5.60 Å². The Kier molecular flexibility index (Phi) is 2.03. The molecular formula is C14H24O. The summed E-state index contributed by atoms with van der Waals surface area (Å²) in [5.41, 5.74) is 0.0820. The van der Waals surface area contributed by atoms with Gasteiger partial charge in [0.25, 0.3) is 0 Å². The molecular weight excluding hydrogens is 184 g/mol. The van der Waals surface area contributed by atoms with E-state index in [0.29, 0.717) is 5.41 Å². The van der Waals surface area contributed by atoms with Crippen molar-refractivity contribution in [3.63, 3.8) is 0 Å². The Morgan fingerprint density at radius 3 is 1.73 bits per heavy atom. The van der Waals surface area contributed by atoms with Crippen molar-refractivity contribution in [1.29, 1.82) is 0 Å². The van der Waals surface area contributed by atoms with Crippen molar-refractivity contribution in [3.8, 4) is 0 Å². The maximum atomic E-state index is 10.1. The van der Waals surface area contributed by atoms with Crippen LogP contribution in [0.15, 0.2) is 0 Å². The molecule has 4 saturated carbocycles. The molecule has 0 aromatic rings. The van der Waals surface area contributed by atoms with E-state index in [1.165, 1.54) is 38.5 Å². The highest BCUT2D eigenvalue weighted by Gasteiger charge is 2.51. The fourth-order valence-corrected chi connectivity index (χ4v) is 5.42. The van der Waals surface area contributed by atoms with Crippen molar-refractivity contribution in [2.24, 2.45) is 23.2 Å². The Balaban J connectivity index is 1.81. The van der Waals surface area contributed by atoms with Crippen LogP contribution < -0.4 is 0 Å². The first-order valence-corrected chi connectivity index (χ1v) is 6.67. The Bertz CT molecular complexity index is 226. The zero-order valence-corrected chi connectivity index (χ0v) is 10.1. The number of aliphatic hydroxyl groups is 1. The maximum Gasteiger partial charge on any atom is 0.0597 e. The first-order chi connectivity index (χ1) is 6.94. The fraction of sp³-hybridized carbons (Fsp3) is 1.00. The molecule has 1 heteroatoms. The summed E-state index contributed by atoms with van der Waals surface area (Å²) in [5, 5.41) is 10.1. The average Bonchev–Trinajstić information content (AvgIpc) is 1.94. The summed E-state index contributed by atoms with van der Waals surface area (Å²) in [6, 6.07) is 0. The van der Waals surface area contributed by atoms with Gasteiger partial charge in [0.1, 0.15) is 0 Å². The highest BCUT2D eigenvalue weighted by molar-refractivity contribution is 5.02. The van der Waals surface area contributed by atoms with Crippen molar-refractivity contribution in [3.05, 3.63) is 0 Å². The van der Waals surface area contributed by atoms with Gasteiger partial charge in [-0.3, -0.25) is 0 Å². The van der Waals surface area contributed by atoms with Crippen LogP contribution in [0.4, 0.5) is 0 Å². The van der Waals surface area contributed by atoms with Crippen molar-refractivity contribution in [1.82, 2.24) is 0 Å². The van der Waals surface area contributed by atoms with Gasteiger partial charge in [-0.2, -0.15) is 0 Å². The molecule has 0 amide bonds. The van der Waals surface area contributed by atoms with Crippen LogP contribution >= 0.6 is 0 Å². The second-order valence-electron chi connectivity index (χ2n) is 7.41. The predicted molar refractivity (Wildman–Crippen MR) is 61.5 cm³/mol. The minimum Gasteiger partial charge on any atom is -0.390 e. The minimum atomic E-state index is -0.453. The summed E-state index contributed by atoms with van der Waals surface area (Å²) < 4.78 is 0. The zero-order valence-electron chi connectivity index (χ0n) is 10.1. The maximum absolute atomic E-state index is 10.1. The summed E-state index contributed by atoms with van der Waals surface area (Å²) in [6.45, 7) is 3.98. The van der Waals surface area contributed by atoms with Crippen LogP contribution in [-0.4, -0.2) is 10.7 Å². The lowest BCUT2D eigenvalue weighted by Crippen LogP contribution is -2.48. The highest BCUT2D eigenvalue weighted by Crippen LogP contribution is 2.62. The van der Waals surface area contributed by atoms with E-state index in [1.807, 2.05) is 13.8 Å². The van der Waals surface area contributed by atoms with Crippen LogP contribution in [0.2, 0.25) is 0 Å². The molecule has 0 radical (unpaired) electrons. The molecule has 86 valence electrons. The molecule has 4 aliphatic rings. The lowest BCUT2D eigenvalue weighted by molar-refractivity contribution is -0.0935. The van der Waals surface area contributed by atoms with Crippen molar-refractivity contribution in [2.75, 3.05) is 0 Å². The molecule has 4 rings (SSSR count). The summed E-state index contributed by atoms with van der Waals surface area (Å²) in [4.78, 5) is 0. The first kappa shape index (κ1) is 10.1. The lowest BCUT2D eigenvalue weighted by Gasteiger charge is -2.58. The second-order valence-corrected chi connectivity index (χ2v) is 7.41. The van der Waals surface area contributed by atoms with Crippen LogP contribution in [0.3, 0.4) is 0 Å². The van der Waals surface area contributed by atoms with Crippen LogP contribution in [0.1, 0.15) is 58.8 Å². The SMILES string of the molecule is CC(C)(O)CC12CC3CC(CC(C3)C1)C2. The summed E-state index contributed by atoms with van der Waals surface area (Å²) >= 11 is 0. The van der Waals surface area contributed by atoms with Gasteiger partial charge in [-0.25, -0.2) is 0 Å². The largest absolute Gasteiger partial charge is 0.390 e. The smallest absolute Gasteiger partial charge is 0.0597 e. The Labute approximate surface area is 93.3 Å². The van der Waals surface area contributed by atoms with Crippen LogP contribution in [0.5, 0.6) is 0 Å². The van der Waals surface area contributed by atoms with Crippen LogP contribution in [0.25, 0.3) is 0 Å².